The van der Waals surface area contributed by atoms with Crippen LogP contribution in [0.15, 0.2) is 41.3 Å². The van der Waals surface area contributed by atoms with Crippen molar-refractivity contribution < 1.29 is 15.0 Å². The van der Waals surface area contributed by atoms with Gasteiger partial charge in [0.1, 0.15) is 16.1 Å². The maximum atomic E-state index is 12.4. The predicted molar refractivity (Wildman–Crippen MR) is 92.8 cm³/mol. The number of nitrogens with zero attached hydrogens (tertiary/aromatic N) is 1. The SMILES string of the molecule is CCn1cc(C(=O)O)c(=O)c2cc(C(=N)c3ccccc3O)sc21. The summed E-state index contributed by atoms with van der Waals surface area (Å²) in [6.07, 6.45) is 1.33. The monoisotopic (exact) mass is 342 g/mol. The van der Waals surface area contributed by atoms with Crippen molar-refractivity contribution >= 4 is 33.2 Å². The number of carboxylic acid groups (broad SMARTS) is 1. The van der Waals surface area contributed by atoms with Crippen LogP contribution in [0.3, 0.4) is 0 Å². The van der Waals surface area contributed by atoms with Gasteiger partial charge in [-0.05, 0) is 25.1 Å². The first kappa shape index (κ1) is 15.9. The van der Waals surface area contributed by atoms with Gasteiger partial charge in [0.15, 0.2) is 0 Å². The Bertz CT molecular complexity index is 1030. The Balaban J connectivity index is 2.24. The molecule has 2 aromatic heterocycles. The molecule has 0 saturated carbocycles. The van der Waals surface area contributed by atoms with Gasteiger partial charge in [-0.2, -0.15) is 0 Å². The highest BCUT2D eigenvalue weighted by atomic mass is 32.1. The quantitative estimate of drug-likeness (QED) is 0.634. The first-order valence-corrected chi connectivity index (χ1v) is 8.03. The zero-order chi connectivity index (χ0) is 17.4. The molecule has 0 fully saturated rings. The molecule has 0 aliphatic heterocycles. The number of fused-ring (bicyclic) bond motifs is 1. The average Bonchev–Trinajstić information content (AvgIpc) is 3.01. The Kier molecular flexibility index (Phi) is 3.94. The van der Waals surface area contributed by atoms with Crippen molar-refractivity contribution in [3.8, 4) is 5.75 Å². The van der Waals surface area contributed by atoms with E-state index in [0.29, 0.717) is 21.8 Å². The number of aromatic carboxylic acids is 1. The van der Waals surface area contributed by atoms with Crippen LogP contribution in [-0.4, -0.2) is 26.5 Å². The standard InChI is InChI=1S/C17H14N2O4S/c1-2-19-8-11(17(22)23)15(21)10-7-13(24-16(10)19)14(18)9-5-3-4-6-12(9)20/h3-8,18,20H,2H2,1H3,(H,22,23). The van der Waals surface area contributed by atoms with E-state index in [2.05, 4.69) is 0 Å². The maximum Gasteiger partial charge on any atom is 0.341 e. The van der Waals surface area contributed by atoms with Crippen molar-refractivity contribution in [3.05, 3.63) is 62.8 Å². The van der Waals surface area contributed by atoms with E-state index in [9.17, 15) is 19.8 Å². The summed E-state index contributed by atoms with van der Waals surface area (Å²) in [5.74, 6) is -1.29. The van der Waals surface area contributed by atoms with Crippen LogP contribution in [0.1, 0.15) is 27.7 Å². The third kappa shape index (κ3) is 2.48. The molecule has 0 amide bonds. The number of hydrogen-bond acceptors (Lipinski definition) is 5. The number of phenols is 1. The molecule has 3 N–H and O–H groups in total. The van der Waals surface area contributed by atoms with E-state index in [1.54, 1.807) is 22.8 Å². The second-order valence-electron chi connectivity index (χ2n) is 5.18. The summed E-state index contributed by atoms with van der Waals surface area (Å²) in [7, 11) is 0. The van der Waals surface area contributed by atoms with E-state index in [-0.39, 0.29) is 22.4 Å². The molecule has 3 rings (SSSR count). The number of aromatic hydroxyl groups is 1. The largest absolute Gasteiger partial charge is 0.507 e. The summed E-state index contributed by atoms with van der Waals surface area (Å²) in [4.78, 5) is 24.7. The number of phenolic OH excluding ortho intramolecular Hbond substituents is 1. The normalized spacial score (nSPS) is 10.9. The van der Waals surface area contributed by atoms with Gasteiger partial charge < -0.3 is 14.8 Å². The van der Waals surface area contributed by atoms with Crippen LogP contribution in [-0.2, 0) is 6.54 Å². The lowest BCUT2D eigenvalue weighted by Gasteiger charge is -2.05. The van der Waals surface area contributed by atoms with Crippen molar-refractivity contribution in [2.24, 2.45) is 0 Å². The number of carbonyl (C=O) groups is 1. The van der Waals surface area contributed by atoms with E-state index in [4.69, 9.17) is 5.41 Å². The highest BCUT2D eigenvalue weighted by molar-refractivity contribution is 7.20. The van der Waals surface area contributed by atoms with Crippen LogP contribution in [0, 0.1) is 5.41 Å². The molecular weight excluding hydrogens is 328 g/mol. The van der Waals surface area contributed by atoms with Crippen LogP contribution >= 0.6 is 11.3 Å². The Labute approximate surface area is 140 Å². The van der Waals surface area contributed by atoms with Gasteiger partial charge in [0, 0.05) is 18.3 Å². The molecule has 0 saturated heterocycles. The highest BCUT2D eigenvalue weighted by Crippen LogP contribution is 2.28. The Morgan fingerprint density at radius 3 is 2.62 bits per heavy atom. The van der Waals surface area contributed by atoms with Crippen LogP contribution in [0.5, 0.6) is 5.75 Å². The summed E-state index contributed by atoms with van der Waals surface area (Å²) in [5.41, 5.74) is -0.399. The van der Waals surface area contributed by atoms with Gasteiger partial charge in [0.2, 0.25) is 5.43 Å². The van der Waals surface area contributed by atoms with Gasteiger partial charge in [-0.1, -0.05) is 12.1 Å². The first-order valence-electron chi connectivity index (χ1n) is 7.21. The lowest BCUT2D eigenvalue weighted by atomic mass is 10.1. The van der Waals surface area contributed by atoms with Crippen molar-refractivity contribution in [1.82, 2.24) is 4.57 Å². The summed E-state index contributed by atoms with van der Waals surface area (Å²) in [6.45, 7) is 2.35. The molecule has 0 aliphatic carbocycles. The molecule has 0 atom stereocenters. The number of nitrogens with one attached hydrogen (secondary N) is 1. The number of rotatable bonds is 4. The van der Waals surface area contributed by atoms with Gasteiger partial charge in [-0.15, -0.1) is 11.3 Å². The molecule has 0 spiro atoms. The molecule has 0 bridgehead atoms. The van der Waals surface area contributed by atoms with Crippen molar-refractivity contribution in [3.63, 3.8) is 0 Å². The number of thiophene rings is 1. The molecule has 122 valence electrons. The molecule has 24 heavy (non-hydrogen) atoms. The van der Waals surface area contributed by atoms with Crippen LogP contribution in [0.4, 0.5) is 0 Å². The first-order chi connectivity index (χ1) is 11.4. The van der Waals surface area contributed by atoms with Crippen molar-refractivity contribution in [2.45, 2.75) is 13.5 Å². The number of para-hydroxylation sites is 1. The fourth-order valence-electron chi connectivity index (χ4n) is 2.50. The Hall–Kier alpha value is -2.93. The van der Waals surface area contributed by atoms with Gasteiger partial charge in [-0.3, -0.25) is 10.2 Å². The van der Waals surface area contributed by atoms with Gasteiger partial charge in [-0.25, -0.2) is 4.79 Å². The average molecular weight is 342 g/mol. The summed E-state index contributed by atoms with van der Waals surface area (Å²) >= 11 is 1.23. The number of pyridine rings is 1. The van der Waals surface area contributed by atoms with Crippen LogP contribution < -0.4 is 5.43 Å². The Morgan fingerprint density at radius 1 is 1.29 bits per heavy atom. The van der Waals surface area contributed by atoms with E-state index >= 15 is 0 Å². The summed E-state index contributed by atoms with van der Waals surface area (Å²) in [6, 6.07) is 8.01. The molecule has 1 aromatic carbocycles. The van der Waals surface area contributed by atoms with Crippen molar-refractivity contribution in [1.29, 1.82) is 5.41 Å². The second kappa shape index (κ2) is 5.93. The number of benzene rings is 1. The number of aryl methyl sites for hydroxylation is 1. The molecule has 0 unspecified atom stereocenters. The molecule has 0 radical (unpaired) electrons. The lowest BCUT2D eigenvalue weighted by molar-refractivity contribution is 0.0695. The minimum atomic E-state index is -1.27. The van der Waals surface area contributed by atoms with E-state index < -0.39 is 11.4 Å². The molecule has 0 aliphatic rings. The van der Waals surface area contributed by atoms with Crippen molar-refractivity contribution in [2.75, 3.05) is 0 Å². The van der Waals surface area contributed by atoms with Gasteiger partial charge >= 0.3 is 5.97 Å². The Morgan fingerprint density at radius 2 is 2.00 bits per heavy atom. The van der Waals surface area contributed by atoms with Gasteiger partial charge in [0.05, 0.1) is 16.0 Å². The molecule has 3 aromatic rings. The number of carboxylic acids is 1. The third-order valence-corrected chi connectivity index (χ3v) is 4.93. The van der Waals surface area contributed by atoms with Crippen LogP contribution in [0.25, 0.3) is 10.2 Å². The minimum Gasteiger partial charge on any atom is -0.507 e. The lowest BCUT2D eigenvalue weighted by Crippen LogP contribution is -2.17. The number of hydrogen-bond donors (Lipinski definition) is 3. The topological polar surface area (TPSA) is 103 Å². The zero-order valence-electron chi connectivity index (χ0n) is 12.7. The number of aromatic nitrogens is 1. The van der Waals surface area contributed by atoms with E-state index in [0.717, 1.165) is 0 Å². The smallest absolute Gasteiger partial charge is 0.341 e. The van der Waals surface area contributed by atoms with Crippen LogP contribution in [0.2, 0.25) is 0 Å². The maximum absolute atomic E-state index is 12.4. The predicted octanol–water partition coefficient (Wildman–Crippen LogP) is 2.90. The fraction of sp³-hybridized carbons (Fsp3) is 0.118. The summed E-state index contributed by atoms with van der Waals surface area (Å²) in [5, 5.41) is 27.7. The molecule has 6 nitrogen and oxygen atoms in total. The van der Waals surface area contributed by atoms with E-state index in [1.165, 1.54) is 29.7 Å². The molecular formula is C17H14N2O4S. The zero-order valence-corrected chi connectivity index (χ0v) is 13.6. The summed E-state index contributed by atoms with van der Waals surface area (Å²) < 4.78 is 1.69. The highest BCUT2D eigenvalue weighted by Gasteiger charge is 2.19. The molecule has 7 heteroatoms. The van der Waals surface area contributed by atoms with Gasteiger partial charge in [0.25, 0.3) is 0 Å². The molecule has 2 heterocycles. The second-order valence-corrected chi connectivity index (χ2v) is 6.22. The van der Waals surface area contributed by atoms with E-state index in [1.807, 2.05) is 6.92 Å². The fourth-order valence-corrected chi connectivity index (χ4v) is 3.66. The minimum absolute atomic E-state index is 0.0168. The third-order valence-electron chi connectivity index (χ3n) is 3.74.